The molecule has 1 heterocycles. The van der Waals surface area contributed by atoms with E-state index in [9.17, 15) is 8.78 Å². The first kappa shape index (κ1) is 9.61. The summed E-state index contributed by atoms with van der Waals surface area (Å²) in [5.74, 6) is -2.97. The van der Waals surface area contributed by atoms with Gasteiger partial charge in [-0.05, 0) is 0 Å². The average molecular weight is 186 g/mol. The molecular weight excluding hydrogens is 178 g/mol. The van der Waals surface area contributed by atoms with Crippen molar-refractivity contribution < 1.29 is 8.78 Å². The lowest BCUT2D eigenvalue weighted by Gasteiger charge is -2.12. The molecule has 0 amide bonds. The molecule has 0 aliphatic heterocycles. The Morgan fingerprint density at radius 2 is 2.38 bits per heavy atom. The molecule has 70 valence electrons. The van der Waals surface area contributed by atoms with E-state index in [0.717, 1.165) is 4.68 Å². The van der Waals surface area contributed by atoms with Crippen LogP contribution in [0.1, 0.15) is 5.56 Å². The fraction of sp³-hybridized carbons (Fsp3) is 0.429. The zero-order valence-corrected chi connectivity index (χ0v) is 6.74. The van der Waals surface area contributed by atoms with Gasteiger partial charge in [-0.3, -0.25) is 4.68 Å². The van der Waals surface area contributed by atoms with Crippen molar-refractivity contribution in [2.24, 2.45) is 5.73 Å². The standard InChI is InChI=1S/C7H8F2N4/c8-7(9,4-11)5-13-3-6(1-10)2-12-13/h2-3H,4-5,11H2. The molecule has 0 spiro atoms. The summed E-state index contributed by atoms with van der Waals surface area (Å²) < 4.78 is 26.4. The van der Waals surface area contributed by atoms with Crippen molar-refractivity contribution in [2.75, 3.05) is 6.54 Å². The molecule has 0 bridgehead atoms. The van der Waals surface area contributed by atoms with Crippen molar-refractivity contribution in [3.8, 4) is 6.07 Å². The molecule has 0 fully saturated rings. The third-order valence-corrected chi connectivity index (χ3v) is 1.45. The molecule has 0 aliphatic rings. The second-order valence-electron chi connectivity index (χ2n) is 2.60. The smallest absolute Gasteiger partial charge is 0.279 e. The van der Waals surface area contributed by atoms with Crippen molar-refractivity contribution in [3.05, 3.63) is 18.0 Å². The van der Waals surface area contributed by atoms with Gasteiger partial charge in [0.1, 0.15) is 12.6 Å². The second kappa shape index (κ2) is 3.49. The molecular formula is C7H8F2N4. The second-order valence-corrected chi connectivity index (χ2v) is 2.60. The van der Waals surface area contributed by atoms with Gasteiger partial charge in [0.2, 0.25) is 0 Å². The van der Waals surface area contributed by atoms with Crippen LogP contribution >= 0.6 is 0 Å². The van der Waals surface area contributed by atoms with Gasteiger partial charge < -0.3 is 5.73 Å². The molecule has 13 heavy (non-hydrogen) atoms. The summed E-state index contributed by atoms with van der Waals surface area (Å²) in [6.45, 7) is -1.32. The Kier molecular flexibility index (Phi) is 2.58. The Morgan fingerprint density at radius 1 is 1.69 bits per heavy atom. The highest BCUT2D eigenvalue weighted by Crippen LogP contribution is 2.13. The molecule has 0 saturated heterocycles. The van der Waals surface area contributed by atoms with E-state index in [4.69, 9.17) is 11.0 Å². The van der Waals surface area contributed by atoms with E-state index >= 15 is 0 Å². The van der Waals surface area contributed by atoms with Crippen LogP contribution in [-0.2, 0) is 6.54 Å². The topological polar surface area (TPSA) is 67.6 Å². The molecule has 0 atom stereocenters. The third-order valence-electron chi connectivity index (χ3n) is 1.45. The van der Waals surface area contributed by atoms with Crippen LogP contribution in [0.3, 0.4) is 0 Å². The summed E-state index contributed by atoms with van der Waals surface area (Å²) in [6, 6.07) is 1.79. The molecule has 1 rings (SSSR count). The van der Waals surface area contributed by atoms with E-state index in [1.54, 1.807) is 6.07 Å². The minimum atomic E-state index is -2.97. The number of alkyl halides is 2. The summed E-state index contributed by atoms with van der Waals surface area (Å²) >= 11 is 0. The summed E-state index contributed by atoms with van der Waals surface area (Å²) in [7, 11) is 0. The highest BCUT2D eigenvalue weighted by molar-refractivity contribution is 5.21. The monoisotopic (exact) mass is 186 g/mol. The zero-order chi connectivity index (χ0) is 9.90. The van der Waals surface area contributed by atoms with Crippen LogP contribution in [0.2, 0.25) is 0 Å². The van der Waals surface area contributed by atoms with Gasteiger partial charge in [0.05, 0.1) is 18.3 Å². The first-order chi connectivity index (χ1) is 6.07. The zero-order valence-electron chi connectivity index (χ0n) is 6.74. The maximum absolute atomic E-state index is 12.7. The highest BCUT2D eigenvalue weighted by atomic mass is 19.3. The molecule has 6 heteroatoms. The maximum Gasteiger partial charge on any atom is 0.279 e. The summed E-state index contributed by atoms with van der Waals surface area (Å²) in [5.41, 5.74) is 5.09. The Balaban J connectivity index is 2.70. The first-order valence-corrected chi connectivity index (χ1v) is 3.58. The van der Waals surface area contributed by atoms with Crippen LogP contribution < -0.4 is 5.73 Å². The quantitative estimate of drug-likeness (QED) is 0.740. The average Bonchev–Trinajstić information content (AvgIpc) is 2.52. The van der Waals surface area contributed by atoms with E-state index in [0.29, 0.717) is 0 Å². The van der Waals surface area contributed by atoms with Crippen molar-refractivity contribution >= 4 is 0 Å². The predicted octanol–water partition coefficient (Wildman–Crippen LogP) is 0.349. The molecule has 2 N–H and O–H groups in total. The minimum absolute atomic E-state index is 0.257. The van der Waals surface area contributed by atoms with Crippen LogP contribution in [0.5, 0.6) is 0 Å². The number of nitriles is 1. The molecule has 1 aromatic rings. The minimum Gasteiger partial charge on any atom is -0.325 e. The fourth-order valence-corrected chi connectivity index (χ4v) is 0.809. The number of nitrogens with zero attached hydrogens (tertiary/aromatic N) is 3. The van der Waals surface area contributed by atoms with E-state index < -0.39 is 19.0 Å². The molecule has 0 aromatic carbocycles. The van der Waals surface area contributed by atoms with Crippen molar-refractivity contribution in [1.29, 1.82) is 5.26 Å². The van der Waals surface area contributed by atoms with Gasteiger partial charge in [-0.15, -0.1) is 0 Å². The molecule has 0 unspecified atom stereocenters. The number of hydrogen-bond donors (Lipinski definition) is 1. The first-order valence-electron chi connectivity index (χ1n) is 3.58. The van der Waals surface area contributed by atoms with E-state index in [2.05, 4.69) is 5.10 Å². The van der Waals surface area contributed by atoms with Crippen LogP contribution in [0.25, 0.3) is 0 Å². The summed E-state index contributed by atoms with van der Waals surface area (Å²) in [6.07, 6.45) is 2.48. The van der Waals surface area contributed by atoms with Crippen molar-refractivity contribution in [3.63, 3.8) is 0 Å². The van der Waals surface area contributed by atoms with Crippen molar-refractivity contribution in [2.45, 2.75) is 12.5 Å². The Labute approximate surface area is 73.6 Å². The lowest BCUT2D eigenvalue weighted by Crippen LogP contribution is -2.32. The highest BCUT2D eigenvalue weighted by Gasteiger charge is 2.27. The molecule has 1 aromatic heterocycles. The fourth-order valence-electron chi connectivity index (χ4n) is 0.809. The van der Waals surface area contributed by atoms with Gasteiger partial charge in [0, 0.05) is 6.20 Å². The number of hydrogen-bond acceptors (Lipinski definition) is 3. The lowest BCUT2D eigenvalue weighted by molar-refractivity contribution is -0.00979. The van der Waals surface area contributed by atoms with Crippen LogP contribution in [0, 0.1) is 11.3 Å². The predicted molar refractivity (Wildman–Crippen MR) is 40.9 cm³/mol. The Morgan fingerprint density at radius 3 is 2.85 bits per heavy atom. The van der Waals surface area contributed by atoms with Crippen molar-refractivity contribution in [1.82, 2.24) is 9.78 Å². The van der Waals surface area contributed by atoms with Gasteiger partial charge >= 0.3 is 0 Å². The van der Waals surface area contributed by atoms with Crippen LogP contribution in [0.4, 0.5) is 8.78 Å². The molecule has 0 saturated carbocycles. The van der Waals surface area contributed by atoms with Gasteiger partial charge in [-0.2, -0.15) is 10.4 Å². The third kappa shape index (κ3) is 2.49. The SMILES string of the molecule is N#Cc1cnn(CC(F)(F)CN)c1. The van der Waals surface area contributed by atoms with Gasteiger partial charge in [0.25, 0.3) is 5.92 Å². The normalized spacial score (nSPS) is 11.2. The van der Waals surface area contributed by atoms with Crippen LogP contribution in [0.15, 0.2) is 12.4 Å². The van der Waals surface area contributed by atoms with E-state index in [-0.39, 0.29) is 5.56 Å². The largest absolute Gasteiger partial charge is 0.325 e. The van der Waals surface area contributed by atoms with Gasteiger partial charge in [-0.1, -0.05) is 0 Å². The van der Waals surface area contributed by atoms with E-state index in [1.165, 1.54) is 12.4 Å². The van der Waals surface area contributed by atoms with Gasteiger partial charge in [0.15, 0.2) is 0 Å². The number of nitrogens with two attached hydrogens (primary N) is 1. The van der Waals surface area contributed by atoms with E-state index in [1.807, 2.05) is 0 Å². The Bertz CT molecular complexity index is 325. The van der Waals surface area contributed by atoms with Crippen LogP contribution in [-0.4, -0.2) is 22.2 Å². The lowest BCUT2D eigenvalue weighted by atomic mass is 10.3. The van der Waals surface area contributed by atoms with Gasteiger partial charge in [-0.25, -0.2) is 8.78 Å². The maximum atomic E-state index is 12.7. The summed E-state index contributed by atoms with van der Waals surface area (Å²) in [5, 5.41) is 12.0. The Hall–Kier alpha value is -1.48. The number of rotatable bonds is 3. The number of halogens is 2. The molecule has 0 radical (unpaired) electrons. The number of aromatic nitrogens is 2. The summed E-state index contributed by atoms with van der Waals surface area (Å²) in [4.78, 5) is 0. The molecule has 0 aliphatic carbocycles. The molecule has 4 nitrogen and oxygen atoms in total.